The predicted octanol–water partition coefficient (Wildman–Crippen LogP) is 3.51. The summed E-state index contributed by atoms with van der Waals surface area (Å²) in [5, 5.41) is 12.2. The average molecular weight is 617 g/mol. The van der Waals surface area contributed by atoms with Crippen LogP contribution in [0.15, 0.2) is 18.2 Å². The normalized spacial score (nSPS) is 17.6. The first-order chi connectivity index (χ1) is 21.3. The Labute approximate surface area is 259 Å². The average Bonchev–Trinajstić information content (AvgIpc) is 3.30. The molecule has 2 heterocycles. The summed E-state index contributed by atoms with van der Waals surface area (Å²) >= 11 is 0. The Morgan fingerprint density at radius 3 is 2.32 bits per heavy atom. The molecule has 4 rings (SSSR count). The maximum atomic E-state index is 15.2. The zero-order valence-corrected chi connectivity index (χ0v) is 26.5. The Morgan fingerprint density at radius 2 is 1.66 bits per heavy atom. The smallest absolute Gasteiger partial charge is 0.253 e. The van der Waals surface area contributed by atoms with Crippen molar-refractivity contribution in [3.8, 4) is 0 Å². The van der Waals surface area contributed by atoms with Crippen LogP contribution < -0.4 is 5.32 Å². The molecule has 1 saturated heterocycles. The molecule has 0 spiro atoms. The van der Waals surface area contributed by atoms with Gasteiger partial charge in [-0.05, 0) is 50.3 Å². The van der Waals surface area contributed by atoms with Crippen molar-refractivity contribution >= 4 is 28.6 Å². The third-order valence-corrected chi connectivity index (χ3v) is 9.18. The van der Waals surface area contributed by atoms with Gasteiger partial charge >= 0.3 is 0 Å². The molecule has 1 aliphatic heterocycles. The molecule has 1 aromatic carbocycles. The number of aliphatic hydroxyl groups excluding tert-OH is 1. The number of benzene rings is 1. The number of rotatable bonds is 14. The summed E-state index contributed by atoms with van der Waals surface area (Å²) in [5.41, 5.74) is 1.58. The van der Waals surface area contributed by atoms with Crippen LogP contribution >= 0.6 is 0 Å². The van der Waals surface area contributed by atoms with Crippen molar-refractivity contribution in [3.63, 3.8) is 0 Å². The van der Waals surface area contributed by atoms with E-state index in [1.165, 1.54) is 0 Å². The van der Waals surface area contributed by atoms with Crippen molar-refractivity contribution in [2.45, 2.75) is 71.9 Å². The van der Waals surface area contributed by atoms with E-state index in [0.717, 1.165) is 38.5 Å². The van der Waals surface area contributed by atoms with Crippen LogP contribution in [-0.4, -0.2) is 102 Å². The Kier molecular flexibility index (Phi) is 12.6. The van der Waals surface area contributed by atoms with E-state index >= 15 is 4.39 Å². The second-order valence-corrected chi connectivity index (χ2v) is 12.0. The third kappa shape index (κ3) is 8.17. The molecular weight excluding hydrogens is 567 g/mol. The number of carbonyl (C=O) groups is 3. The minimum atomic E-state index is -0.526. The molecule has 10 nitrogen and oxygen atoms in total. The Bertz CT molecular complexity index is 1270. The zero-order valence-electron chi connectivity index (χ0n) is 26.5. The maximum Gasteiger partial charge on any atom is 0.253 e. The lowest BCUT2D eigenvalue weighted by Gasteiger charge is -2.39. The van der Waals surface area contributed by atoms with Gasteiger partial charge in [-0.1, -0.05) is 33.1 Å². The number of hydrogen-bond acceptors (Lipinski definition) is 6. The standard InChI is InChI=1S/C33H49FN4O6/c1-4-23(2)31(40)35-30(25-8-6-5-7-9-25)33(42)37-14-12-36(13-15-37)32(41)26-10-11-28-27(22-26)29(34)24(3)38(28)16-18-43-20-21-44-19-17-39/h10-11,22-23,25,30,39H,4-9,12-21H2,1-3H3,(H,35,40)/t23-,30+/m1/s1. The van der Waals surface area contributed by atoms with E-state index in [4.69, 9.17) is 14.6 Å². The molecule has 2 aliphatic rings. The number of nitrogens with one attached hydrogen (secondary N) is 1. The molecule has 3 amide bonds. The van der Waals surface area contributed by atoms with E-state index in [-0.39, 0.29) is 48.6 Å². The van der Waals surface area contributed by atoms with Gasteiger partial charge in [-0.2, -0.15) is 0 Å². The van der Waals surface area contributed by atoms with Crippen molar-refractivity contribution in [3.05, 3.63) is 35.3 Å². The van der Waals surface area contributed by atoms with Gasteiger partial charge in [0.25, 0.3) is 5.91 Å². The van der Waals surface area contributed by atoms with Gasteiger partial charge in [-0.15, -0.1) is 0 Å². The fourth-order valence-corrected chi connectivity index (χ4v) is 6.24. The quantitative estimate of drug-likeness (QED) is 0.314. The molecule has 11 heteroatoms. The number of nitrogens with zero attached hydrogens (tertiary/aromatic N) is 3. The minimum Gasteiger partial charge on any atom is -0.394 e. The topological polar surface area (TPSA) is 113 Å². The SMILES string of the molecule is CC[C@@H](C)C(=O)N[C@H](C(=O)N1CCN(C(=O)c2ccc3c(c2)c(F)c(C)n3CCOCCOCCO)CC1)C1CCCCC1. The highest BCUT2D eigenvalue weighted by Crippen LogP contribution is 2.29. The van der Waals surface area contributed by atoms with Gasteiger partial charge < -0.3 is 34.3 Å². The second-order valence-electron chi connectivity index (χ2n) is 12.0. The van der Waals surface area contributed by atoms with Crippen LogP contribution in [0.25, 0.3) is 10.9 Å². The molecule has 1 saturated carbocycles. The molecule has 1 aliphatic carbocycles. The van der Waals surface area contributed by atoms with Crippen LogP contribution in [0.1, 0.15) is 68.4 Å². The van der Waals surface area contributed by atoms with Crippen LogP contribution in [0.3, 0.4) is 0 Å². The molecule has 1 aromatic heterocycles. The number of ether oxygens (including phenoxy) is 2. The molecule has 2 aromatic rings. The van der Waals surface area contributed by atoms with Crippen molar-refractivity contribution in [1.82, 2.24) is 19.7 Å². The minimum absolute atomic E-state index is 0.0332. The van der Waals surface area contributed by atoms with Gasteiger partial charge in [-0.3, -0.25) is 14.4 Å². The summed E-state index contributed by atoms with van der Waals surface area (Å²) < 4.78 is 27.9. The van der Waals surface area contributed by atoms with Crippen LogP contribution in [0, 0.1) is 24.6 Å². The first-order valence-electron chi connectivity index (χ1n) is 16.2. The molecule has 0 radical (unpaired) electrons. The van der Waals surface area contributed by atoms with E-state index in [0.29, 0.717) is 74.7 Å². The summed E-state index contributed by atoms with van der Waals surface area (Å²) in [6.07, 6.45) is 5.88. The summed E-state index contributed by atoms with van der Waals surface area (Å²) in [7, 11) is 0. The largest absolute Gasteiger partial charge is 0.394 e. The van der Waals surface area contributed by atoms with Crippen LogP contribution in [0.4, 0.5) is 4.39 Å². The number of halogens is 1. The number of piperazine rings is 1. The van der Waals surface area contributed by atoms with Crippen LogP contribution in [-0.2, 0) is 25.6 Å². The number of carbonyl (C=O) groups excluding carboxylic acids is 3. The molecule has 244 valence electrons. The number of amides is 3. The summed E-state index contributed by atoms with van der Waals surface area (Å²) in [5.74, 6) is -0.689. The van der Waals surface area contributed by atoms with E-state index in [2.05, 4.69) is 5.32 Å². The van der Waals surface area contributed by atoms with Crippen molar-refractivity contribution in [2.75, 3.05) is 59.2 Å². The predicted molar refractivity (Wildman–Crippen MR) is 166 cm³/mol. The number of hydrogen-bond donors (Lipinski definition) is 2. The van der Waals surface area contributed by atoms with Gasteiger partial charge in [0.15, 0.2) is 5.82 Å². The Morgan fingerprint density at radius 1 is 1.00 bits per heavy atom. The van der Waals surface area contributed by atoms with Gasteiger partial charge in [0.05, 0.1) is 44.2 Å². The monoisotopic (exact) mass is 616 g/mol. The molecule has 2 N–H and O–H groups in total. The number of fused-ring (bicyclic) bond motifs is 1. The number of aromatic nitrogens is 1. The van der Waals surface area contributed by atoms with Crippen LogP contribution in [0.2, 0.25) is 0 Å². The highest BCUT2D eigenvalue weighted by Gasteiger charge is 2.36. The molecule has 0 unspecified atom stereocenters. The highest BCUT2D eigenvalue weighted by molar-refractivity contribution is 5.99. The lowest BCUT2D eigenvalue weighted by Crippen LogP contribution is -2.58. The molecule has 44 heavy (non-hydrogen) atoms. The fraction of sp³-hybridized carbons (Fsp3) is 0.667. The first kappa shape index (κ1) is 33.9. The van der Waals surface area contributed by atoms with Crippen LogP contribution in [0.5, 0.6) is 0 Å². The summed E-state index contributed by atoms with van der Waals surface area (Å²) in [6.45, 7) is 8.93. The van der Waals surface area contributed by atoms with E-state index in [9.17, 15) is 14.4 Å². The van der Waals surface area contributed by atoms with Gasteiger partial charge in [0.2, 0.25) is 11.8 Å². The number of aliphatic hydroxyl groups is 1. The fourth-order valence-electron chi connectivity index (χ4n) is 6.24. The lowest BCUT2D eigenvalue weighted by molar-refractivity contribution is -0.140. The zero-order chi connectivity index (χ0) is 31.6. The molecule has 0 bridgehead atoms. The van der Waals surface area contributed by atoms with Gasteiger partial charge in [0, 0.05) is 49.6 Å². The summed E-state index contributed by atoms with van der Waals surface area (Å²) in [4.78, 5) is 43.4. The van der Waals surface area contributed by atoms with E-state index in [1.54, 1.807) is 34.9 Å². The summed E-state index contributed by atoms with van der Waals surface area (Å²) in [6, 6.07) is 4.59. The molecular formula is C33H49FN4O6. The van der Waals surface area contributed by atoms with E-state index < -0.39 is 6.04 Å². The van der Waals surface area contributed by atoms with Gasteiger partial charge in [-0.25, -0.2) is 4.39 Å². The Hall–Kier alpha value is -3.02. The molecule has 2 atom stereocenters. The highest BCUT2D eigenvalue weighted by atomic mass is 19.1. The second kappa shape index (κ2) is 16.3. The Balaban J connectivity index is 1.37. The molecule has 2 fully saturated rings. The van der Waals surface area contributed by atoms with Gasteiger partial charge in [0.1, 0.15) is 6.04 Å². The van der Waals surface area contributed by atoms with Crippen molar-refractivity contribution in [1.29, 1.82) is 0 Å². The lowest BCUT2D eigenvalue weighted by atomic mass is 9.83. The third-order valence-electron chi connectivity index (χ3n) is 9.18. The van der Waals surface area contributed by atoms with Crippen molar-refractivity contribution < 1.29 is 33.4 Å². The van der Waals surface area contributed by atoms with E-state index in [1.807, 2.05) is 18.4 Å². The first-order valence-corrected chi connectivity index (χ1v) is 16.2. The van der Waals surface area contributed by atoms with Crippen molar-refractivity contribution in [2.24, 2.45) is 11.8 Å². The maximum absolute atomic E-state index is 15.2.